The molecule has 4 rings (SSSR count). The molecule has 0 spiro atoms. The number of thioether (sulfide) groups is 1. The van der Waals surface area contributed by atoms with Crippen molar-refractivity contribution < 1.29 is 0 Å². The lowest BCUT2D eigenvalue weighted by Gasteiger charge is -2.32. The van der Waals surface area contributed by atoms with Crippen LogP contribution in [0.5, 0.6) is 0 Å². The summed E-state index contributed by atoms with van der Waals surface area (Å²) in [5.74, 6) is 1.28. The minimum absolute atomic E-state index is 0.195. The first-order chi connectivity index (χ1) is 8.78. The largest absolute Gasteiger partial charge is 0.302 e. The van der Waals surface area contributed by atoms with Crippen LogP contribution in [0.2, 0.25) is 0 Å². The third-order valence-electron chi connectivity index (χ3n) is 4.57. The van der Waals surface area contributed by atoms with Crippen molar-refractivity contribution in [3.05, 3.63) is 15.6 Å². The molecule has 3 aliphatic rings. The fourth-order valence-electron chi connectivity index (χ4n) is 3.25. The molecule has 1 aromatic heterocycles. The Balaban J connectivity index is 1.71. The molecule has 2 unspecified atom stereocenters. The standard InChI is InChI=1S/C14H20N2S2/c1-9-14(7-8-17-9,16-10-5-6-10)13-15-11-3-2-4-12(11)18-13/h9-10,16H,2-8H2,1H3. The summed E-state index contributed by atoms with van der Waals surface area (Å²) in [4.78, 5) is 6.59. The first kappa shape index (κ1) is 11.7. The average Bonchev–Trinajstić information content (AvgIpc) is 2.73. The fraction of sp³-hybridized carbons (Fsp3) is 0.786. The third-order valence-corrected chi connectivity index (χ3v) is 7.25. The van der Waals surface area contributed by atoms with E-state index >= 15 is 0 Å². The smallest absolute Gasteiger partial charge is 0.114 e. The molecule has 1 saturated carbocycles. The Kier molecular flexibility index (Phi) is 2.75. The normalized spacial score (nSPS) is 35.1. The summed E-state index contributed by atoms with van der Waals surface area (Å²) in [6.45, 7) is 2.39. The number of fused-ring (bicyclic) bond motifs is 1. The van der Waals surface area contributed by atoms with Gasteiger partial charge in [0.1, 0.15) is 5.01 Å². The van der Waals surface area contributed by atoms with Gasteiger partial charge in [0, 0.05) is 16.2 Å². The van der Waals surface area contributed by atoms with Gasteiger partial charge in [0.25, 0.3) is 0 Å². The lowest BCUT2D eigenvalue weighted by atomic mass is 9.93. The van der Waals surface area contributed by atoms with Crippen molar-refractivity contribution in [3.63, 3.8) is 0 Å². The van der Waals surface area contributed by atoms with Gasteiger partial charge in [-0.15, -0.1) is 11.3 Å². The average molecular weight is 280 g/mol. The van der Waals surface area contributed by atoms with Crippen molar-refractivity contribution in [2.24, 2.45) is 0 Å². The molecule has 0 amide bonds. The number of hydrogen-bond donors (Lipinski definition) is 1. The molecule has 2 fully saturated rings. The number of aromatic nitrogens is 1. The Morgan fingerprint density at radius 1 is 1.33 bits per heavy atom. The number of nitrogens with zero attached hydrogens (tertiary/aromatic N) is 1. The fourth-order valence-corrected chi connectivity index (χ4v) is 6.12. The van der Waals surface area contributed by atoms with E-state index in [0.29, 0.717) is 5.25 Å². The molecule has 0 aromatic carbocycles. The molecule has 18 heavy (non-hydrogen) atoms. The zero-order valence-corrected chi connectivity index (χ0v) is 12.5. The summed E-state index contributed by atoms with van der Waals surface area (Å²) < 4.78 is 0. The van der Waals surface area contributed by atoms with E-state index in [4.69, 9.17) is 4.98 Å². The van der Waals surface area contributed by atoms with Crippen LogP contribution in [0, 0.1) is 0 Å². The molecule has 0 radical (unpaired) electrons. The van der Waals surface area contributed by atoms with Crippen molar-refractivity contribution >= 4 is 23.1 Å². The van der Waals surface area contributed by atoms with Crippen LogP contribution in [0.25, 0.3) is 0 Å². The Morgan fingerprint density at radius 3 is 2.89 bits per heavy atom. The highest BCUT2D eigenvalue weighted by molar-refractivity contribution is 8.00. The summed E-state index contributed by atoms with van der Waals surface area (Å²) in [6, 6.07) is 0.768. The summed E-state index contributed by atoms with van der Waals surface area (Å²) in [7, 11) is 0. The molecular weight excluding hydrogens is 260 g/mol. The maximum Gasteiger partial charge on any atom is 0.114 e. The van der Waals surface area contributed by atoms with Gasteiger partial charge in [0.2, 0.25) is 0 Å². The molecule has 0 bridgehead atoms. The maximum absolute atomic E-state index is 5.02. The van der Waals surface area contributed by atoms with Gasteiger partial charge in [-0.2, -0.15) is 11.8 Å². The topological polar surface area (TPSA) is 24.9 Å². The lowest BCUT2D eigenvalue weighted by molar-refractivity contribution is 0.328. The zero-order valence-electron chi connectivity index (χ0n) is 10.9. The monoisotopic (exact) mass is 280 g/mol. The van der Waals surface area contributed by atoms with Crippen LogP contribution in [0.1, 0.15) is 48.2 Å². The minimum atomic E-state index is 0.195. The van der Waals surface area contributed by atoms with Gasteiger partial charge in [-0.3, -0.25) is 0 Å². The molecule has 2 atom stereocenters. The minimum Gasteiger partial charge on any atom is -0.302 e. The van der Waals surface area contributed by atoms with Crippen LogP contribution >= 0.6 is 23.1 Å². The molecule has 1 N–H and O–H groups in total. The van der Waals surface area contributed by atoms with Crippen LogP contribution in [-0.4, -0.2) is 22.0 Å². The van der Waals surface area contributed by atoms with Crippen LogP contribution in [-0.2, 0) is 18.4 Å². The van der Waals surface area contributed by atoms with Crippen LogP contribution in [0.4, 0.5) is 0 Å². The van der Waals surface area contributed by atoms with E-state index in [1.54, 1.807) is 4.88 Å². The summed E-state index contributed by atoms with van der Waals surface area (Å²) >= 11 is 4.12. The Bertz CT molecular complexity index is 445. The zero-order chi connectivity index (χ0) is 12.2. The van der Waals surface area contributed by atoms with E-state index in [1.807, 2.05) is 11.3 Å². The van der Waals surface area contributed by atoms with Crippen molar-refractivity contribution in [3.8, 4) is 0 Å². The predicted octanol–water partition coefficient (Wildman–Crippen LogP) is 3.10. The van der Waals surface area contributed by atoms with Gasteiger partial charge in [0.15, 0.2) is 0 Å². The number of thiazole rings is 1. The number of rotatable bonds is 3. The van der Waals surface area contributed by atoms with E-state index < -0.39 is 0 Å². The maximum atomic E-state index is 5.02. The molecule has 4 heteroatoms. The molecular formula is C14H20N2S2. The number of aryl methyl sites for hydroxylation is 2. The second-order valence-corrected chi connectivity index (χ2v) is 8.43. The quantitative estimate of drug-likeness (QED) is 0.921. The second-order valence-electron chi connectivity index (χ2n) is 5.90. The van der Waals surface area contributed by atoms with E-state index in [1.165, 1.54) is 55.0 Å². The molecule has 1 aromatic rings. The van der Waals surface area contributed by atoms with Crippen LogP contribution in [0.15, 0.2) is 0 Å². The number of nitrogens with one attached hydrogen (secondary N) is 1. The summed E-state index contributed by atoms with van der Waals surface area (Å²) in [5, 5.41) is 6.02. The number of hydrogen-bond acceptors (Lipinski definition) is 4. The molecule has 98 valence electrons. The molecule has 2 aliphatic carbocycles. The first-order valence-electron chi connectivity index (χ1n) is 7.16. The van der Waals surface area contributed by atoms with Gasteiger partial charge in [-0.05, 0) is 44.3 Å². The predicted molar refractivity (Wildman–Crippen MR) is 78.5 cm³/mol. The summed E-state index contributed by atoms with van der Waals surface area (Å²) in [5.41, 5.74) is 1.61. The van der Waals surface area contributed by atoms with Gasteiger partial charge >= 0.3 is 0 Å². The van der Waals surface area contributed by atoms with Crippen LogP contribution < -0.4 is 5.32 Å². The lowest BCUT2D eigenvalue weighted by Crippen LogP contribution is -2.47. The first-order valence-corrected chi connectivity index (χ1v) is 9.03. The van der Waals surface area contributed by atoms with Crippen molar-refractivity contribution in [2.45, 2.75) is 62.3 Å². The SMILES string of the molecule is CC1SCCC1(NC1CC1)c1nc2c(s1)CCC2. The highest BCUT2D eigenvalue weighted by Crippen LogP contribution is 2.47. The van der Waals surface area contributed by atoms with Gasteiger partial charge in [0.05, 0.1) is 11.2 Å². The van der Waals surface area contributed by atoms with Gasteiger partial charge in [-0.1, -0.05) is 6.92 Å². The highest BCUT2D eigenvalue weighted by atomic mass is 32.2. The molecule has 1 aliphatic heterocycles. The van der Waals surface area contributed by atoms with Crippen molar-refractivity contribution in [1.29, 1.82) is 0 Å². The van der Waals surface area contributed by atoms with Crippen LogP contribution in [0.3, 0.4) is 0 Å². The Hall–Kier alpha value is -0.0600. The van der Waals surface area contributed by atoms with E-state index in [2.05, 4.69) is 24.0 Å². The molecule has 2 heterocycles. The highest BCUT2D eigenvalue weighted by Gasteiger charge is 2.48. The Labute approximate surface area is 117 Å². The van der Waals surface area contributed by atoms with E-state index in [-0.39, 0.29) is 5.54 Å². The van der Waals surface area contributed by atoms with Crippen molar-refractivity contribution in [2.75, 3.05) is 5.75 Å². The molecule has 2 nitrogen and oxygen atoms in total. The second kappa shape index (κ2) is 4.22. The van der Waals surface area contributed by atoms with Crippen molar-refractivity contribution in [1.82, 2.24) is 10.3 Å². The van der Waals surface area contributed by atoms with Gasteiger partial charge in [-0.25, -0.2) is 4.98 Å². The third kappa shape index (κ3) is 1.76. The molecule has 1 saturated heterocycles. The van der Waals surface area contributed by atoms with E-state index in [9.17, 15) is 0 Å². The summed E-state index contributed by atoms with van der Waals surface area (Å²) in [6.07, 6.45) is 7.80. The Morgan fingerprint density at radius 2 is 2.22 bits per heavy atom. The van der Waals surface area contributed by atoms with E-state index in [0.717, 1.165) is 6.04 Å². The van der Waals surface area contributed by atoms with Gasteiger partial charge < -0.3 is 5.32 Å².